The quantitative estimate of drug-likeness (QED) is 0.772. The number of hydrogen-bond donors (Lipinski definition) is 2. The predicted octanol–water partition coefficient (Wildman–Crippen LogP) is 0.913. The number of anilines is 2. The zero-order valence-corrected chi connectivity index (χ0v) is 10.4. The molecule has 1 amide bonds. The van der Waals surface area contributed by atoms with Crippen LogP contribution in [0.15, 0.2) is 18.3 Å². The van der Waals surface area contributed by atoms with Crippen molar-refractivity contribution >= 4 is 17.4 Å². The standard InChI is InChI=1S/C13H18N4O/c14-11-4-3-10(9-15-11)17-8-2-6-13(12(17)18)5-1-7-16-13/h3-4,9,16H,1-2,5-8H2,(H2,14,15). The largest absolute Gasteiger partial charge is 0.384 e. The Labute approximate surface area is 106 Å². The lowest BCUT2D eigenvalue weighted by molar-refractivity contribution is -0.126. The lowest BCUT2D eigenvalue weighted by Crippen LogP contribution is -2.58. The monoisotopic (exact) mass is 246 g/mol. The molecule has 3 heterocycles. The highest BCUT2D eigenvalue weighted by molar-refractivity contribution is 6.01. The van der Waals surface area contributed by atoms with Crippen LogP contribution >= 0.6 is 0 Å². The Morgan fingerprint density at radius 3 is 2.83 bits per heavy atom. The van der Waals surface area contributed by atoms with E-state index in [-0.39, 0.29) is 11.4 Å². The number of nitrogens with two attached hydrogens (primary N) is 1. The maximum Gasteiger partial charge on any atom is 0.247 e. The number of nitrogens with zero attached hydrogens (tertiary/aromatic N) is 2. The summed E-state index contributed by atoms with van der Waals surface area (Å²) in [5.41, 5.74) is 6.11. The van der Waals surface area contributed by atoms with E-state index in [1.54, 1.807) is 12.3 Å². The highest BCUT2D eigenvalue weighted by Crippen LogP contribution is 2.33. The second-order valence-corrected chi connectivity index (χ2v) is 5.11. The Morgan fingerprint density at radius 1 is 1.33 bits per heavy atom. The molecule has 2 aliphatic heterocycles. The molecule has 2 aliphatic rings. The molecule has 1 unspecified atom stereocenters. The smallest absolute Gasteiger partial charge is 0.247 e. The van der Waals surface area contributed by atoms with Crippen LogP contribution in [0.2, 0.25) is 0 Å². The Kier molecular flexibility index (Phi) is 2.70. The fraction of sp³-hybridized carbons (Fsp3) is 0.538. The number of carbonyl (C=O) groups excluding carboxylic acids is 1. The molecule has 18 heavy (non-hydrogen) atoms. The molecule has 0 radical (unpaired) electrons. The molecular formula is C13H18N4O. The van der Waals surface area contributed by atoms with Gasteiger partial charge in [-0.3, -0.25) is 4.79 Å². The highest BCUT2D eigenvalue weighted by atomic mass is 16.2. The Balaban J connectivity index is 1.88. The van der Waals surface area contributed by atoms with E-state index < -0.39 is 0 Å². The van der Waals surface area contributed by atoms with Gasteiger partial charge in [0.2, 0.25) is 5.91 Å². The molecule has 5 nitrogen and oxygen atoms in total. The van der Waals surface area contributed by atoms with Crippen molar-refractivity contribution in [1.29, 1.82) is 0 Å². The molecule has 5 heteroatoms. The maximum absolute atomic E-state index is 12.6. The number of carbonyl (C=O) groups is 1. The minimum absolute atomic E-state index is 0.192. The molecule has 3 N–H and O–H groups in total. The van der Waals surface area contributed by atoms with Crippen LogP contribution in [0, 0.1) is 0 Å². The van der Waals surface area contributed by atoms with Gasteiger partial charge in [0.05, 0.1) is 17.4 Å². The van der Waals surface area contributed by atoms with Gasteiger partial charge in [0.1, 0.15) is 5.82 Å². The molecular weight excluding hydrogens is 228 g/mol. The maximum atomic E-state index is 12.6. The van der Waals surface area contributed by atoms with Crippen molar-refractivity contribution < 1.29 is 4.79 Å². The van der Waals surface area contributed by atoms with Crippen molar-refractivity contribution in [3.63, 3.8) is 0 Å². The molecule has 96 valence electrons. The Hall–Kier alpha value is -1.62. The molecule has 0 aromatic carbocycles. The normalized spacial score (nSPS) is 28.0. The van der Waals surface area contributed by atoms with Gasteiger partial charge in [-0.05, 0) is 44.4 Å². The number of pyridine rings is 1. The van der Waals surface area contributed by atoms with Gasteiger partial charge in [-0.1, -0.05) is 0 Å². The molecule has 2 saturated heterocycles. The average Bonchev–Trinajstić information content (AvgIpc) is 2.84. The second kappa shape index (κ2) is 4.24. The van der Waals surface area contributed by atoms with Gasteiger partial charge in [-0.15, -0.1) is 0 Å². The minimum Gasteiger partial charge on any atom is -0.384 e. The van der Waals surface area contributed by atoms with E-state index in [0.29, 0.717) is 5.82 Å². The van der Waals surface area contributed by atoms with Crippen molar-refractivity contribution in [3.05, 3.63) is 18.3 Å². The van der Waals surface area contributed by atoms with Gasteiger partial charge in [-0.2, -0.15) is 0 Å². The molecule has 2 fully saturated rings. The van der Waals surface area contributed by atoms with Gasteiger partial charge < -0.3 is 16.0 Å². The van der Waals surface area contributed by atoms with Crippen molar-refractivity contribution in [2.24, 2.45) is 0 Å². The molecule has 1 aromatic rings. The summed E-state index contributed by atoms with van der Waals surface area (Å²) in [4.78, 5) is 18.5. The van der Waals surface area contributed by atoms with E-state index >= 15 is 0 Å². The lowest BCUT2D eigenvalue weighted by atomic mass is 9.86. The van der Waals surface area contributed by atoms with E-state index in [2.05, 4.69) is 10.3 Å². The number of piperidine rings is 1. The van der Waals surface area contributed by atoms with Crippen molar-refractivity contribution in [2.45, 2.75) is 31.2 Å². The second-order valence-electron chi connectivity index (χ2n) is 5.11. The summed E-state index contributed by atoms with van der Waals surface area (Å²) in [5.74, 6) is 0.676. The zero-order chi connectivity index (χ0) is 12.6. The molecule has 0 aliphatic carbocycles. The number of amides is 1. The first-order valence-electron chi connectivity index (χ1n) is 6.50. The van der Waals surface area contributed by atoms with Crippen LogP contribution in [0.25, 0.3) is 0 Å². The first-order valence-corrected chi connectivity index (χ1v) is 6.50. The van der Waals surface area contributed by atoms with Crippen molar-refractivity contribution in [1.82, 2.24) is 10.3 Å². The number of rotatable bonds is 1. The summed E-state index contributed by atoms with van der Waals surface area (Å²) >= 11 is 0. The summed E-state index contributed by atoms with van der Waals surface area (Å²) in [6.07, 6.45) is 5.69. The molecule has 1 atom stereocenters. The number of aromatic nitrogens is 1. The average molecular weight is 246 g/mol. The molecule has 1 aromatic heterocycles. The summed E-state index contributed by atoms with van der Waals surface area (Å²) in [7, 11) is 0. The first-order chi connectivity index (χ1) is 8.71. The highest BCUT2D eigenvalue weighted by Gasteiger charge is 2.45. The summed E-state index contributed by atoms with van der Waals surface area (Å²) in [5, 5.41) is 3.40. The van der Waals surface area contributed by atoms with Crippen LogP contribution < -0.4 is 16.0 Å². The SMILES string of the molecule is Nc1ccc(N2CCCC3(CCCN3)C2=O)cn1. The number of hydrogen-bond acceptors (Lipinski definition) is 4. The van der Waals surface area contributed by atoms with Gasteiger partial charge in [0.25, 0.3) is 0 Å². The molecule has 1 spiro atoms. The van der Waals surface area contributed by atoms with Gasteiger partial charge in [-0.25, -0.2) is 4.98 Å². The fourth-order valence-electron chi connectivity index (χ4n) is 3.01. The molecule has 0 bridgehead atoms. The van der Waals surface area contributed by atoms with Gasteiger partial charge in [0.15, 0.2) is 0 Å². The topological polar surface area (TPSA) is 71.2 Å². The summed E-state index contributed by atoms with van der Waals surface area (Å²) in [6.45, 7) is 1.72. The Bertz CT molecular complexity index is 451. The number of nitrogens with one attached hydrogen (secondary N) is 1. The van der Waals surface area contributed by atoms with Crippen molar-refractivity contribution in [2.75, 3.05) is 23.7 Å². The van der Waals surface area contributed by atoms with E-state index in [1.807, 2.05) is 11.0 Å². The third kappa shape index (κ3) is 1.75. The molecule has 3 rings (SSSR count). The third-order valence-corrected chi connectivity index (χ3v) is 3.97. The predicted molar refractivity (Wildman–Crippen MR) is 70.2 cm³/mol. The van der Waals surface area contributed by atoms with Crippen LogP contribution in [0.5, 0.6) is 0 Å². The number of nitrogen functional groups attached to an aromatic ring is 1. The Morgan fingerprint density at radius 2 is 2.17 bits per heavy atom. The van der Waals surface area contributed by atoms with E-state index in [0.717, 1.165) is 44.5 Å². The minimum atomic E-state index is -0.320. The summed E-state index contributed by atoms with van der Waals surface area (Å²) < 4.78 is 0. The van der Waals surface area contributed by atoms with Crippen LogP contribution in [0.1, 0.15) is 25.7 Å². The summed E-state index contributed by atoms with van der Waals surface area (Å²) in [6, 6.07) is 3.61. The van der Waals surface area contributed by atoms with Gasteiger partial charge >= 0.3 is 0 Å². The van der Waals surface area contributed by atoms with Crippen LogP contribution in [-0.4, -0.2) is 29.5 Å². The van der Waals surface area contributed by atoms with Gasteiger partial charge in [0, 0.05) is 6.54 Å². The van der Waals surface area contributed by atoms with Crippen LogP contribution in [0.4, 0.5) is 11.5 Å². The van der Waals surface area contributed by atoms with Crippen LogP contribution in [0.3, 0.4) is 0 Å². The fourth-order valence-corrected chi connectivity index (χ4v) is 3.01. The van der Waals surface area contributed by atoms with E-state index in [9.17, 15) is 4.79 Å². The first kappa shape index (κ1) is 11.5. The van der Waals surface area contributed by atoms with E-state index in [1.165, 1.54) is 0 Å². The van der Waals surface area contributed by atoms with Crippen LogP contribution in [-0.2, 0) is 4.79 Å². The van der Waals surface area contributed by atoms with E-state index in [4.69, 9.17) is 5.73 Å². The molecule has 0 saturated carbocycles. The van der Waals surface area contributed by atoms with Crippen molar-refractivity contribution in [3.8, 4) is 0 Å². The lowest BCUT2D eigenvalue weighted by Gasteiger charge is -2.39. The third-order valence-electron chi connectivity index (χ3n) is 3.97. The zero-order valence-electron chi connectivity index (χ0n) is 10.4.